The van der Waals surface area contributed by atoms with Crippen molar-refractivity contribution in [3.63, 3.8) is 0 Å². The van der Waals surface area contributed by atoms with Crippen LogP contribution in [0.5, 0.6) is 0 Å². The van der Waals surface area contributed by atoms with E-state index < -0.39 is 19.2 Å². The summed E-state index contributed by atoms with van der Waals surface area (Å²) in [5.74, 6) is 8.01. The van der Waals surface area contributed by atoms with Gasteiger partial charge in [-0.05, 0) is 81.4 Å². The van der Waals surface area contributed by atoms with Crippen LogP contribution >= 0.6 is 11.3 Å². The SMILES string of the molecule is Cc1ccc2c(n1)sc1c(-c3nc4ccccc4n3-c3c(C(C)C)cc(-c4ccccc4)cc3C(C)C)[c-]ccc12.[2H]C(C)(C)c1cc(-c2[c-]cccc2)nc[c]1[Ge]([CH3])([CH3])[CH3].[Ir]. The van der Waals surface area contributed by atoms with E-state index in [1.54, 1.807) is 11.3 Å². The van der Waals surface area contributed by atoms with Gasteiger partial charge < -0.3 is 4.57 Å². The predicted molar refractivity (Wildman–Crippen MR) is 260 cm³/mol. The van der Waals surface area contributed by atoms with Gasteiger partial charge in [0.1, 0.15) is 4.83 Å². The van der Waals surface area contributed by atoms with Gasteiger partial charge in [-0.2, -0.15) is 11.3 Å². The number of hydrogen-bond donors (Lipinski definition) is 0. The second kappa shape index (κ2) is 18.3. The number of hydrogen-bond acceptors (Lipinski definition) is 4. The van der Waals surface area contributed by atoms with Gasteiger partial charge >= 0.3 is 120 Å². The van der Waals surface area contributed by atoms with Gasteiger partial charge in [-0.15, -0.1) is 18.2 Å². The molecule has 0 unspecified atom stereocenters. The number of nitrogens with zero attached hydrogens (tertiary/aromatic N) is 4. The van der Waals surface area contributed by atoms with Crippen molar-refractivity contribution in [2.45, 2.75) is 83.5 Å². The fourth-order valence-corrected chi connectivity index (χ4v) is 12.6. The Morgan fingerprint density at radius 2 is 1.38 bits per heavy atom. The van der Waals surface area contributed by atoms with Crippen molar-refractivity contribution in [2.75, 3.05) is 0 Å². The van der Waals surface area contributed by atoms with Crippen LogP contribution < -0.4 is 4.40 Å². The molecule has 9 aromatic rings. The second-order valence-corrected chi connectivity index (χ2v) is 29.2. The van der Waals surface area contributed by atoms with E-state index in [9.17, 15) is 0 Å². The van der Waals surface area contributed by atoms with E-state index in [-0.39, 0.29) is 20.1 Å². The number of pyridine rings is 2. The molecule has 0 aliphatic carbocycles. The van der Waals surface area contributed by atoms with Crippen LogP contribution in [0.4, 0.5) is 0 Å². The molecule has 311 valence electrons. The van der Waals surface area contributed by atoms with Crippen LogP contribution in [0, 0.1) is 19.1 Å². The van der Waals surface area contributed by atoms with Gasteiger partial charge in [0, 0.05) is 31.5 Å². The number of aryl methyl sites for hydroxylation is 1. The average molecular weight is 1060 g/mol. The molecule has 4 nitrogen and oxygen atoms in total. The number of benzene rings is 5. The fourth-order valence-electron chi connectivity index (χ4n) is 8.08. The number of para-hydroxylation sites is 2. The Labute approximate surface area is 383 Å². The second-order valence-electron chi connectivity index (χ2n) is 17.6. The summed E-state index contributed by atoms with van der Waals surface area (Å²) in [6, 6.07) is 49.3. The Morgan fingerprint density at radius 3 is 2.03 bits per heavy atom. The zero-order chi connectivity index (χ0) is 43.2. The largest absolute Gasteiger partial charge is 0 e. The van der Waals surface area contributed by atoms with Crippen LogP contribution in [-0.2, 0) is 20.1 Å². The van der Waals surface area contributed by atoms with E-state index in [0.717, 1.165) is 49.8 Å². The topological polar surface area (TPSA) is 43.6 Å². The van der Waals surface area contributed by atoms with Crippen LogP contribution in [0.25, 0.3) is 70.8 Å². The summed E-state index contributed by atoms with van der Waals surface area (Å²) >= 11 is -0.290. The fraction of sp³-hybridized carbons (Fsp3) is 0.241. The predicted octanol–water partition coefficient (Wildman–Crippen LogP) is 14.7. The summed E-state index contributed by atoms with van der Waals surface area (Å²) in [5.41, 5.74) is 13.5. The maximum atomic E-state index is 8.44. The van der Waals surface area contributed by atoms with Crippen molar-refractivity contribution in [3.05, 3.63) is 162 Å². The standard InChI is InChI=1S/C37H32N3S.C17H22GeN.Ir/c1-22(2)30-20-26(25-12-7-6-8-13-25)21-31(23(3)4)34(30)40-33-17-10-9-16-32(33)39-36(40)29-15-11-14-27-28-19-18-24(5)38-37(28)41-35(27)29;1-13(2)15-11-17(14-9-7-6-8-10-14)19-12-16(15)18(3,4)5;/h6-14,16-23H,1-5H3;6-9,11-13H,1-5H3;/q2*-1;/i;13D;. The molecule has 0 bridgehead atoms. The first kappa shape index (κ1) is 43.0. The third-order valence-corrected chi connectivity index (χ3v) is 16.6. The van der Waals surface area contributed by atoms with Crippen LogP contribution in [0.2, 0.25) is 17.3 Å². The molecule has 61 heavy (non-hydrogen) atoms. The van der Waals surface area contributed by atoms with Gasteiger partial charge in [-0.1, -0.05) is 87.2 Å². The van der Waals surface area contributed by atoms with E-state index in [2.05, 4.69) is 165 Å². The van der Waals surface area contributed by atoms with Gasteiger partial charge in [0.2, 0.25) is 0 Å². The molecule has 0 fully saturated rings. The van der Waals surface area contributed by atoms with Crippen LogP contribution in [0.3, 0.4) is 0 Å². The summed E-state index contributed by atoms with van der Waals surface area (Å²) < 4.78 is 13.4. The minimum atomic E-state index is -2.03. The molecule has 9 rings (SSSR count). The third-order valence-electron chi connectivity index (χ3n) is 11.2. The first-order chi connectivity index (χ1) is 29.1. The molecule has 5 aromatic carbocycles. The summed E-state index contributed by atoms with van der Waals surface area (Å²) in [6.45, 7) is 15.1. The van der Waals surface area contributed by atoms with Gasteiger partial charge in [-0.3, -0.25) is 4.98 Å². The first-order valence-electron chi connectivity index (χ1n) is 21.5. The molecule has 7 heteroatoms. The van der Waals surface area contributed by atoms with Crippen LogP contribution in [0.1, 0.15) is 83.0 Å². The molecule has 0 spiro atoms. The minimum Gasteiger partial charge on any atom is 0 e. The van der Waals surface area contributed by atoms with Crippen LogP contribution in [0.15, 0.2) is 128 Å². The van der Waals surface area contributed by atoms with E-state index >= 15 is 0 Å². The zero-order valence-electron chi connectivity index (χ0n) is 37.8. The van der Waals surface area contributed by atoms with Gasteiger partial charge in [-0.25, -0.2) is 4.98 Å². The molecular weight excluding hydrogens is 1000 g/mol. The zero-order valence-corrected chi connectivity index (χ0v) is 42.1. The van der Waals surface area contributed by atoms with Crippen molar-refractivity contribution in [1.29, 1.82) is 0 Å². The van der Waals surface area contributed by atoms with E-state index in [1.165, 1.54) is 47.8 Å². The summed E-state index contributed by atoms with van der Waals surface area (Å²) in [5, 5.41) is 2.39. The number of aromatic nitrogens is 4. The van der Waals surface area contributed by atoms with Crippen molar-refractivity contribution >= 4 is 60.3 Å². The number of imidazole rings is 1. The molecule has 0 atom stereocenters. The smallest absolute Gasteiger partial charge is 0 e. The normalized spacial score (nSPS) is 12.2. The van der Waals surface area contributed by atoms with E-state index in [4.69, 9.17) is 11.3 Å². The molecule has 0 saturated heterocycles. The summed E-state index contributed by atoms with van der Waals surface area (Å²) in [6.07, 6.45) is 2.00. The quantitative estimate of drug-likeness (QED) is 0.113. The molecular formula is C54H54GeIrN4S-2. The van der Waals surface area contributed by atoms with Gasteiger partial charge in [0.05, 0.1) is 16.9 Å². The van der Waals surface area contributed by atoms with Gasteiger partial charge in [0.25, 0.3) is 0 Å². The third kappa shape index (κ3) is 8.97. The molecule has 0 saturated carbocycles. The van der Waals surface area contributed by atoms with Crippen molar-refractivity contribution in [2.24, 2.45) is 0 Å². The Morgan fingerprint density at radius 1 is 0.689 bits per heavy atom. The number of thiophene rings is 1. The molecule has 0 aliphatic rings. The van der Waals surface area contributed by atoms with E-state index in [1.807, 2.05) is 50.4 Å². The molecule has 1 radical (unpaired) electrons. The molecule has 0 N–H and O–H groups in total. The van der Waals surface area contributed by atoms with Crippen molar-refractivity contribution in [1.82, 2.24) is 19.5 Å². The molecule has 0 aliphatic heterocycles. The van der Waals surface area contributed by atoms with Crippen molar-refractivity contribution < 1.29 is 21.5 Å². The van der Waals surface area contributed by atoms with Crippen LogP contribution in [-0.4, -0.2) is 32.8 Å². The van der Waals surface area contributed by atoms with E-state index in [0.29, 0.717) is 11.8 Å². The average Bonchev–Trinajstić information content (AvgIpc) is 3.81. The molecule has 4 aromatic heterocycles. The molecule has 0 amide bonds. The monoisotopic (exact) mass is 1060 g/mol. The van der Waals surface area contributed by atoms with Gasteiger partial charge in [0.15, 0.2) is 0 Å². The first-order valence-corrected chi connectivity index (χ1v) is 29.2. The maximum absolute atomic E-state index is 8.44. The Bertz CT molecular complexity index is 2980. The minimum absolute atomic E-state index is 0. The Hall–Kier alpha value is -4.72. The summed E-state index contributed by atoms with van der Waals surface area (Å²) in [4.78, 5) is 15.8. The Kier molecular flexibility index (Phi) is 12.9. The maximum Gasteiger partial charge on any atom is 0 e. The Balaban J connectivity index is 0.000000233. The number of rotatable bonds is 8. The van der Waals surface area contributed by atoms with Crippen molar-refractivity contribution in [3.8, 4) is 39.5 Å². The molecule has 4 heterocycles. The summed E-state index contributed by atoms with van der Waals surface area (Å²) in [7, 11) is 0. The number of fused-ring (bicyclic) bond motifs is 4.